The summed E-state index contributed by atoms with van der Waals surface area (Å²) in [6.07, 6.45) is 4.25. The minimum absolute atomic E-state index is 0.205. The molecule has 1 aliphatic heterocycles. The molecule has 1 aromatic carbocycles. The Morgan fingerprint density at radius 3 is 2.59 bits per heavy atom. The number of aromatic nitrogens is 1. The highest BCUT2D eigenvalue weighted by molar-refractivity contribution is 6.30. The second-order valence-corrected chi connectivity index (χ2v) is 7.79. The smallest absolute Gasteiger partial charge is 0.193 e. The first-order chi connectivity index (χ1) is 13.2. The molecule has 27 heavy (non-hydrogen) atoms. The first kappa shape index (κ1) is 18.1. The third kappa shape index (κ3) is 4.03. The minimum atomic E-state index is 0.205. The first-order valence-corrected chi connectivity index (χ1v) is 9.96. The molecule has 1 aliphatic carbocycles. The largest absolute Gasteiger partial charge is 0.355 e. The van der Waals surface area contributed by atoms with Gasteiger partial charge < -0.3 is 15.1 Å². The maximum atomic E-state index is 6.19. The number of hydrogen-bond donors (Lipinski definition) is 1. The van der Waals surface area contributed by atoms with Crippen LogP contribution in [0.3, 0.4) is 0 Å². The second-order valence-electron chi connectivity index (χ2n) is 7.35. The van der Waals surface area contributed by atoms with Gasteiger partial charge in [-0.2, -0.15) is 0 Å². The van der Waals surface area contributed by atoms with Gasteiger partial charge in [0.25, 0.3) is 0 Å². The zero-order valence-corrected chi connectivity index (χ0v) is 16.5. The average Bonchev–Trinajstić information content (AvgIpc) is 3.51. The molecule has 142 valence electrons. The molecule has 0 unspecified atom stereocenters. The highest BCUT2D eigenvalue weighted by Gasteiger charge is 2.44. The van der Waals surface area contributed by atoms with Crippen LogP contribution in [0.5, 0.6) is 0 Å². The van der Waals surface area contributed by atoms with Gasteiger partial charge in [0.1, 0.15) is 5.82 Å². The number of guanidine groups is 1. The molecule has 1 saturated carbocycles. The van der Waals surface area contributed by atoms with Crippen molar-refractivity contribution in [2.75, 3.05) is 44.7 Å². The number of piperazine rings is 1. The van der Waals surface area contributed by atoms with E-state index in [2.05, 4.69) is 43.3 Å². The Kier molecular flexibility index (Phi) is 5.21. The molecule has 2 fully saturated rings. The molecule has 2 aliphatic rings. The van der Waals surface area contributed by atoms with Crippen molar-refractivity contribution >= 4 is 23.4 Å². The van der Waals surface area contributed by atoms with Gasteiger partial charge in [0, 0.05) is 56.4 Å². The van der Waals surface area contributed by atoms with E-state index in [1.165, 1.54) is 18.4 Å². The van der Waals surface area contributed by atoms with Crippen LogP contribution in [0.4, 0.5) is 5.82 Å². The van der Waals surface area contributed by atoms with Crippen molar-refractivity contribution in [2.24, 2.45) is 4.99 Å². The van der Waals surface area contributed by atoms with E-state index in [4.69, 9.17) is 11.6 Å². The van der Waals surface area contributed by atoms with Crippen LogP contribution in [0.15, 0.2) is 53.7 Å². The van der Waals surface area contributed by atoms with Crippen molar-refractivity contribution in [1.82, 2.24) is 15.2 Å². The third-order valence-electron chi connectivity index (χ3n) is 5.64. The van der Waals surface area contributed by atoms with Gasteiger partial charge in [-0.1, -0.05) is 29.8 Å². The summed E-state index contributed by atoms with van der Waals surface area (Å²) in [4.78, 5) is 13.7. The Morgan fingerprint density at radius 1 is 1.15 bits per heavy atom. The fourth-order valence-corrected chi connectivity index (χ4v) is 4.00. The van der Waals surface area contributed by atoms with Crippen LogP contribution in [-0.4, -0.2) is 55.6 Å². The van der Waals surface area contributed by atoms with E-state index in [1.54, 1.807) is 0 Å². The molecule has 4 rings (SSSR count). The molecule has 1 aromatic heterocycles. The van der Waals surface area contributed by atoms with Gasteiger partial charge in [0.2, 0.25) is 0 Å². The Hall–Kier alpha value is -2.27. The second kappa shape index (κ2) is 7.77. The standard InChI is InChI=1S/C21H26ClN5/c1-23-20(25-16-21(8-9-21)17-5-4-6-18(22)15-17)27-13-11-26(12-14-27)19-7-2-3-10-24-19/h2-7,10,15H,8-9,11-14,16H2,1H3,(H,23,25). The zero-order valence-electron chi connectivity index (χ0n) is 15.7. The monoisotopic (exact) mass is 383 g/mol. The number of halogens is 1. The van der Waals surface area contributed by atoms with Gasteiger partial charge in [0.05, 0.1) is 0 Å². The van der Waals surface area contributed by atoms with Gasteiger partial charge in [0.15, 0.2) is 5.96 Å². The number of anilines is 1. The molecule has 2 aromatic rings. The van der Waals surface area contributed by atoms with Crippen molar-refractivity contribution in [3.8, 4) is 0 Å². The lowest BCUT2D eigenvalue weighted by Crippen LogP contribution is -2.53. The van der Waals surface area contributed by atoms with Crippen LogP contribution >= 0.6 is 11.6 Å². The Morgan fingerprint density at radius 2 is 1.96 bits per heavy atom. The number of rotatable bonds is 4. The quantitative estimate of drug-likeness (QED) is 0.650. The van der Waals surface area contributed by atoms with Crippen LogP contribution in [0, 0.1) is 0 Å². The van der Waals surface area contributed by atoms with Crippen molar-refractivity contribution < 1.29 is 0 Å². The molecular weight excluding hydrogens is 358 g/mol. The molecule has 0 spiro atoms. The number of nitrogens with one attached hydrogen (secondary N) is 1. The summed E-state index contributed by atoms with van der Waals surface area (Å²) in [5.41, 5.74) is 1.54. The van der Waals surface area contributed by atoms with E-state index in [9.17, 15) is 0 Å². The molecule has 6 heteroatoms. The van der Waals surface area contributed by atoms with Gasteiger partial charge in [-0.05, 0) is 42.7 Å². The van der Waals surface area contributed by atoms with E-state index in [0.29, 0.717) is 0 Å². The molecule has 0 amide bonds. The van der Waals surface area contributed by atoms with Gasteiger partial charge >= 0.3 is 0 Å². The predicted octanol–water partition coefficient (Wildman–Crippen LogP) is 3.16. The Bertz CT molecular complexity index is 795. The average molecular weight is 384 g/mol. The molecule has 0 bridgehead atoms. The lowest BCUT2D eigenvalue weighted by molar-refractivity contribution is 0.369. The van der Waals surface area contributed by atoms with Crippen molar-refractivity contribution in [2.45, 2.75) is 18.3 Å². The summed E-state index contributed by atoms with van der Waals surface area (Å²) in [6, 6.07) is 14.3. The predicted molar refractivity (Wildman–Crippen MR) is 112 cm³/mol. The summed E-state index contributed by atoms with van der Waals surface area (Å²) < 4.78 is 0. The van der Waals surface area contributed by atoms with E-state index in [-0.39, 0.29) is 5.41 Å². The van der Waals surface area contributed by atoms with Crippen molar-refractivity contribution in [1.29, 1.82) is 0 Å². The highest BCUT2D eigenvalue weighted by Crippen LogP contribution is 2.48. The van der Waals surface area contributed by atoms with Crippen molar-refractivity contribution in [3.05, 3.63) is 59.2 Å². The van der Waals surface area contributed by atoms with Crippen LogP contribution in [0.2, 0.25) is 5.02 Å². The molecular formula is C21H26ClN5. The molecule has 0 atom stereocenters. The fraction of sp³-hybridized carbons (Fsp3) is 0.429. The summed E-state index contributed by atoms with van der Waals surface area (Å²) in [7, 11) is 1.87. The van der Waals surface area contributed by atoms with Crippen LogP contribution < -0.4 is 10.2 Å². The van der Waals surface area contributed by atoms with Gasteiger partial charge in [-0.15, -0.1) is 0 Å². The van der Waals surface area contributed by atoms with Crippen LogP contribution in [0.1, 0.15) is 18.4 Å². The lowest BCUT2D eigenvalue weighted by Gasteiger charge is -2.37. The molecule has 5 nitrogen and oxygen atoms in total. The normalized spacial score (nSPS) is 19.1. The molecule has 1 N–H and O–H groups in total. The first-order valence-electron chi connectivity index (χ1n) is 9.58. The number of nitrogens with zero attached hydrogens (tertiary/aromatic N) is 4. The van der Waals surface area contributed by atoms with Crippen LogP contribution in [0.25, 0.3) is 0 Å². The Balaban J connectivity index is 1.34. The van der Waals surface area contributed by atoms with Gasteiger partial charge in [-0.25, -0.2) is 4.98 Å². The van der Waals surface area contributed by atoms with E-state index in [0.717, 1.165) is 49.5 Å². The van der Waals surface area contributed by atoms with Crippen molar-refractivity contribution in [3.63, 3.8) is 0 Å². The maximum Gasteiger partial charge on any atom is 0.193 e. The summed E-state index contributed by atoms with van der Waals surface area (Å²) in [5.74, 6) is 2.04. The summed E-state index contributed by atoms with van der Waals surface area (Å²) in [6.45, 7) is 4.70. The SMILES string of the molecule is CN=C(NCC1(c2cccc(Cl)c2)CC1)N1CCN(c2ccccn2)CC1. The fourth-order valence-electron chi connectivity index (χ4n) is 3.81. The van der Waals surface area contributed by atoms with Crippen LogP contribution in [-0.2, 0) is 5.41 Å². The number of hydrogen-bond acceptors (Lipinski definition) is 3. The van der Waals surface area contributed by atoms with E-state index >= 15 is 0 Å². The Labute approximate surface area is 166 Å². The molecule has 0 radical (unpaired) electrons. The maximum absolute atomic E-state index is 6.19. The summed E-state index contributed by atoms with van der Waals surface area (Å²) in [5, 5.41) is 4.43. The number of aliphatic imine (C=N–C) groups is 1. The number of benzene rings is 1. The van der Waals surface area contributed by atoms with Gasteiger partial charge in [-0.3, -0.25) is 4.99 Å². The van der Waals surface area contributed by atoms with E-state index in [1.807, 2.05) is 37.5 Å². The highest BCUT2D eigenvalue weighted by atomic mass is 35.5. The van der Waals surface area contributed by atoms with E-state index < -0.39 is 0 Å². The third-order valence-corrected chi connectivity index (χ3v) is 5.87. The minimum Gasteiger partial charge on any atom is -0.355 e. The molecule has 2 heterocycles. The lowest BCUT2D eigenvalue weighted by atomic mass is 9.96. The number of pyridine rings is 1. The topological polar surface area (TPSA) is 43.8 Å². The molecule has 1 saturated heterocycles. The zero-order chi connectivity index (χ0) is 18.7. The summed E-state index contributed by atoms with van der Waals surface area (Å²) >= 11 is 6.19.